The minimum Gasteiger partial charge on any atom is -0.376 e. The Hall–Kier alpha value is -1.92. The zero-order valence-electron chi connectivity index (χ0n) is 18.4. The highest BCUT2D eigenvalue weighted by atomic mass is 16.5. The lowest BCUT2D eigenvalue weighted by Gasteiger charge is -2.23. The third kappa shape index (κ3) is 5.03. The van der Waals surface area contributed by atoms with E-state index in [1.165, 1.54) is 11.1 Å². The van der Waals surface area contributed by atoms with Gasteiger partial charge in [0.05, 0.1) is 19.1 Å². The van der Waals surface area contributed by atoms with E-state index < -0.39 is 0 Å². The number of hydrogen-bond acceptors (Lipinski definition) is 4. The van der Waals surface area contributed by atoms with Gasteiger partial charge in [-0.1, -0.05) is 24.3 Å². The Morgan fingerprint density at radius 2 is 1.93 bits per heavy atom. The van der Waals surface area contributed by atoms with Gasteiger partial charge in [0.1, 0.15) is 0 Å². The molecule has 3 aliphatic rings. The molecule has 6 heteroatoms. The topological polar surface area (TPSA) is 70.7 Å². The fourth-order valence-corrected chi connectivity index (χ4v) is 5.12. The first-order valence-electron chi connectivity index (χ1n) is 11.4. The Morgan fingerprint density at radius 1 is 1.17 bits per heavy atom. The van der Waals surface area contributed by atoms with Gasteiger partial charge in [0, 0.05) is 43.6 Å². The summed E-state index contributed by atoms with van der Waals surface area (Å²) in [4.78, 5) is 27.5. The summed E-state index contributed by atoms with van der Waals surface area (Å²) in [6.07, 6.45) is 2.98. The van der Waals surface area contributed by atoms with Crippen molar-refractivity contribution in [1.29, 1.82) is 0 Å². The number of amides is 2. The van der Waals surface area contributed by atoms with E-state index in [-0.39, 0.29) is 41.8 Å². The summed E-state index contributed by atoms with van der Waals surface area (Å²) in [5.41, 5.74) is 2.61. The SMILES string of the molecule is Cc1ccccc1CN1C[C@@H](CC(=O)NC2CC2)[C@H]2[C@H](CC(=O)NC(C)C)OC[C@H]21. The van der Waals surface area contributed by atoms with E-state index in [1.54, 1.807) is 0 Å². The lowest BCUT2D eigenvalue weighted by atomic mass is 9.84. The van der Waals surface area contributed by atoms with Crippen molar-refractivity contribution in [1.82, 2.24) is 15.5 Å². The van der Waals surface area contributed by atoms with Gasteiger partial charge < -0.3 is 15.4 Å². The van der Waals surface area contributed by atoms with Crippen LogP contribution in [0.25, 0.3) is 0 Å². The van der Waals surface area contributed by atoms with Gasteiger partial charge in [0.2, 0.25) is 11.8 Å². The Labute approximate surface area is 179 Å². The molecule has 0 aromatic heterocycles. The molecule has 1 aromatic rings. The molecular formula is C24H35N3O3. The molecule has 0 bridgehead atoms. The third-order valence-corrected chi connectivity index (χ3v) is 6.70. The van der Waals surface area contributed by atoms with E-state index in [1.807, 2.05) is 13.8 Å². The van der Waals surface area contributed by atoms with Crippen LogP contribution in [0.2, 0.25) is 0 Å². The van der Waals surface area contributed by atoms with E-state index >= 15 is 0 Å². The highest BCUT2D eigenvalue weighted by molar-refractivity contribution is 5.77. The van der Waals surface area contributed by atoms with Crippen LogP contribution in [0.5, 0.6) is 0 Å². The monoisotopic (exact) mass is 413 g/mol. The van der Waals surface area contributed by atoms with Gasteiger partial charge in [-0.25, -0.2) is 0 Å². The van der Waals surface area contributed by atoms with Gasteiger partial charge in [-0.2, -0.15) is 0 Å². The predicted molar refractivity (Wildman–Crippen MR) is 116 cm³/mol. The second kappa shape index (κ2) is 9.06. The number of benzene rings is 1. The van der Waals surface area contributed by atoms with Crippen molar-refractivity contribution in [2.75, 3.05) is 13.2 Å². The second-order valence-electron chi connectivity index (χ2n) is 9.60. The van der Waals surface area contributed by atoms with E-state index in [0.717, 1.165) is 25.9 Å². The standard InChI is InChI=1S/C24H35N3O3/c1-15(2)25-23(29)11-21-24-18(10-22(28)26-19-8-9-19)13-27(20(24)14-30-21)12-17-7-5-4-6-16(17)3/h4-7,15,18-21,24H,8-14H2,1-3H3,(H,25,29)(H,26,28)/t18-,20-,21+,24-/m1/s1. The van der Waals surface area contributed by atoms with Crippen LogP contribution in [0.4, 0.5) is 0 Å². The number of carbonyl (C=O) groups is 2. The second-order valence-corrected chi connectivity index (χ2v) is 9.60. The van der Waals surface area contributed by atoms with Gasteiger partial charge in [-0.3, -0.25) is 14.5 Å². The number of rotatable bonds is 8. The molecule has 2 saturated heterocycles. The summed E-state index contributed by atoms with van der Waals surface area (Å²) in [7, 11) is 0. The molecule has 0 unspecified atom stereocenters. The molecular weight excluding hydrogens is 378 g/mol. The maximum absolute atomic E-state index is 12.6. The molecule has 2 amide bonds. The molecule has 3 fully saturated rings. The Balaban J connectivity index is 1.47. The van der Waals surface area contributed by atoms with Crippen LogP contribution in [0.3, 0.4) is 0 Å². The Morgan fingerprint density at radius 3 is 2.63 bits per heavy atom. The molecule has 4 rings (SSSR count). The van der Waals surface area contributed by atoms with Crippen molar-refractivity contribution in [3.05, 3.63) is 35.4 Å². The van der Waals surface area contributed by atoms with Crippen LogP contribution in [0, 0.1) is 18.8 Å². The summed E-state index contributed by atoms with van der Waals surface area (Å²) in [6.45, 7) is 8.47. The first-order chi connectivity index (χ1) is 14.4. The lowest BCUT2D eigenvalue weighted by molar-refractivity contribution is -0.124. The molecule has 0 radical (unpaired) electrons. The third-order valence-electron chi connectivity index (χ3n) is 6.70. The van der Waals surface area contributed by atoms with Crippen LogP contribution < -0.4 is 10.6 Å². The molecule has 1 saturated carbocycles. The smallest absolute Gasteiger partial charge is 0.222 e. The molecule has 30 heavy (non-hydrogen) atoms. The fraction of sp³-hybridized carbons (Fsp3) is 0.667. The van der Waals surface area contributed by atoms with Crippen LogP contribution >= 0.6 is 0 Å². The zero-order valence-corrected chi connectivity index (χ0v) is 18.4. The number of hydrogen-bond donors (Lipinski definition) is 2. The largest absolute Gasteiger partial charge is 0.376 e. The van der Waals surface area contributed by atoms with Crippen molar-refractivity contribution >= 4 is 11.8 Å². The van der Waals surface area contributed by atoms with Crippen molar-refractivity contribution < 1.29 is 14.3 Å². The number of carbonyl (C=O) groups excluding carboxylic acids is 2. The van der Waals surface area contributed by atoms with E-state index in [0.29, 0.717) is 25.5 Å². The van der Waals surface area contributed by atoms with Crippen LogP contribution in [0.1, 0.15) is 50.7 Å². The lowest BCUT2D eigenvalue weighted by Crippen LogP contribution is -2.37. The van der Waals surface area contributed by atoms with Gasteiger partial charge in [-0.05, 0) is 50.7 Å². The van der Waals surface area contributed by atoms with Crippen LogP contribution in [-0.2, 0) is 20.9 Å². The average Bonchev–Trinajstić information content (AvgIpc) is 3.28. The van der Waals surface area contributed by atoms with Crippen molar-refractivity contribution in [3.63, 3.8) is 0 Å². The summed E-state index contributed by atoms with van der Waals surface area (Å²) in [6, 6.07) is 9.25. The average molecular weight is 414 g/mol. The number of ether oxygens (including phenoxy) is 1. The summed E-state index contributed by atoms with van der Waals surface area (Å²) in [5.74, 6) is 0.625. The summed E-state index contributed by atoms with van der Waals surface area (Å²) >= 11 is 0. The molecule has 2 N–H and O–H groups in total. The van der Waals surface area contributed by atoms with Crippen molar-refractivity contribution in [3.8, 4) is 0 Å². The number of aryl methyl sites for hydroxylation is 1. The number of fused-ring (bicyclic) bond motifs is 1. The molecule has 0 spiro atoms. The Kier molecular flexibility index (Phi) is 6.44. The normalized spacial score (nSPS) is 28.5. The molecule has 2 heterocycles. The van der Waals surface area contributed by atoms with Crippen LogP contribution in [-0.4, -0.2) is 54.1 Å². The van der Waals surface area contributed by atoms with Crippen molar-refractivity contribution in [2.45, 2.75) is 77.2 Å². The molecule has 6 nitrogen and oxygen atoms in total. The van der Waals surface area contributed by atoms with Gasteiger partial charge in [0.15, 0.2) is 0 Å². The first kappa shape index (κ1) is 21.3. The molecule has 1 aliphatic carbocycles. The quantitative estimate of drug-likeness (QED) is 0.687. The number of nitrogens with one attached hydrogen (secondary N) is 2. The minimum atomic E-state index is -0.116. The van der Waals surface area contributed by atoms with Crippen LogP contribution in [0.15, 0.2) is 24.3 Å². The van der Waals surface area contributed by atoms with Gasteiger partial charge in [-0.15, -0.1) is 0 Å². The van der Waals surface area contributed by atoms with Crippen molar-refractivity contribution in [2.24, 2.45) is 11.8 Å². The van der Waals surface area contributed by atoms with E-state index in [4.69, 9.17) is 4.74 Å². The summed E-state index contributed by atoms with van der Waals surface area (Å²) < 4.78 is 6.14. The van der Waals surface area contributed by atoms with E-state index in [2.05, 4.69) is 46.7 Å². The number of nitrogens with zero attached hydrogens (tertiary/aromatic N) is 1. The van der Waals surface area contributed by atoms with E-state index in [9.17, 15) is 9.59 Å². The fourth-order valence-electron chi connectivity index (χ4n) is 5.12. The highest BCUT2D eigenvalue weighted by Gasteiger charge is 2.51. The molecule has 4 atom stereocenters. The summed E-state index contributed by atoms with van der Waals surface area (Å²) in [5, 5.41) is 6.12. The highest BCUT2D eigenvalue weighted by Crippen LogP contribution is 2.42. The minimum absolute atomic E-state index is 0.0363. The number of likely N-dealkylation sites (tertiary alicyclic amines) is 1. The zero-order chi connectivity index (χ0) is 21.3. The Bertz CT molecular complexity index is 777. The van der Waals surface area contributed by atoms with Gasteiger partial charge >= 0.3 is 0 Å². The van der Waals surface area contributed by atoms with Gasteiger partial charge in [0.25, 0.3) is 0 Å². The molecule has 2 aliphatic heterocycles. The maximum Gasteiger partial charge on any atom is 0.222 e. The first-order valence-corrected chi connectivity index (χ1v) is 11.4. The molecule has 164 valence electrons. The maximum atomic E-state index is 12.6. The predicted octanol–water partition coefficient (Wildman–Crippen LogP) is 2.39. The molecule has 1 aromatic carbocycles.